The first-order valence-electron chi connectivity index (χ1n) is 4.02. The molecule has 0 unspecified atom stereocenters. The minimum Gasteiger partial charge on any atom is -0.478 e. The molecule has 0 aliphatic rings. The Bertz CT molecular complexity index is 494. The van der Waals surface area contributed by atoms with Crippen molar-refractivity contribution in [1.82, 2.24) is 19.7 Å². The van der Waals surface area contributed by atoms with E-state index < -0.39 is 5.97 Å². The number of rotatable bonds is 2. The Morgan fingerprint density at radius 3 is 2.93 bits per heavy atom. The topological polar surface area (TPSA) is 107 Å². The van der Waals surface area contributed by atoms with Crippen LogP contribution < -0.4 is 5.73 Å². The monoisotopic (exact) mass is 205 g/mol. The Kier molecular flexibility index (Phi) is 2.05. The van der Waals surface area contributed by atoms with E-state index in [1.54, 1.807) is 0 Å². The molecule has 0 saturated heterocycles. The van der Waals surface area contributed by atoms with Gasteiger partial charge in [-0.3, -0.25) is 0 Å². The summed E-state index contributed by atoms with van der Waals surface area (Å²) in [7, 11) is 0. The molecule has 0 amide bonds. The van der Waals surface area contributed by atoms with Gasteiger partial charge in [0.05, 0.1) is 11.9 Å². The molecule has 7 nitrogen and oxygen atoms in total. The Labute approximate surface area is 84.2 Å². The highest BCUT2D eigenvalue weighted by molar-refractivity contribution is 5.92. The number of aromatic carboxylic acids is 1. The van der Waals surface area contributed by atoms with Gasteiger partial charge in [-0.15, -0.1) is 0 Å². The van der Waals surface area contributed by atoms with Gasteiger partial charge in [-0.25, -0.2) is 19.4 Å². The van der Waals surface area contributed by atoms with Gasteiger partial charge in [0.2, 0.25) is 0 Å². The second-order valence-electron chi connectivity index (χ2n) is 2.79. The van der Waals surface area contributed by atoms with Crippen LogP contribution in [0.1, 0.15) is 10.4 Å². The van der Waals surface area contributed by atoms with Crippen molar-refractivity contribution in [3.05, 3.63) is 30.5 Å². The fourth-order valence-corrected chi connectivity index (χ4v) is 1.13. The lowest BCUT2D eigenvalue weighted by Gasteiger charge is -2.04. The average Bonchev–Trinajstić information content (AvgIpc) is 2.70. The van der Waals surface area contributed by atoms with Crippen molar-refractivity contribution in [3.8, 4) is 5.82 Å². The van der Waals surface area contributed by atoms with E-state index in [1.165, 1.54) is 29.6 Å². The van der Waals surface area contributed by atoms with Crippen molar-refractivity contribution in [2.75, 3.05) is 5.73 Å². The van der Waals surface area contributed by atoms with Crippen LogP contribution in [0.2, 0.25) is 0 Å². The van der Waals surface area contributed by atoms with E-state index in [0.717, 1.165) is 0 Å². The largest absolute Gasteiger partial charge is 0.478 e. The number of nitrogens with two attached hydrogens (primary N) is 1. The maximum absolute atomic E-state index is 10.9. The molecule has 3 N–H and O–H groups in total. The predicted octanol–water partition coefficient (Wildman–Crippen LogP) is -0.0573. The molecule has 0 saturated carbocycles. The Hall–Kier alpha value is -2.44. The van der Waals surface area contributed by atoms with Crippen molar-refractivity contribution in [2.24, 2.45) is 0 Å². The lowest BCUT2D eigenvalue weighted by Crippen LogP contribution is -2.09. The molecular formula is C8H7N5O2. The van der Waals surface area contributed by atoms with Crippen molar-refractivity contribution < 1.29 is 9.90 Å². The molecule has 0 radical (unpaired) electrons. The summed E-state index contributed by atoms with van der Waals surface area (Å²) in [5.41, 5.74) is 5.72. The Morgan fingerprint density at radius 1 is 1.53 bits per heavy atom. The number of aromatic nitrogens is 4. The molecule has 2 aromatic heterocycles. The smallest absolute Gasteiger partial charge is 0.339 e. The zero-order valence-electron chi connectivity index (χ0n) is 7.53. The van der Waals surface area contributed by atoms with Gasteiger partial charge in [0.15, 0.2) is 5.82 Å². The summed E-state index contributed by atoms with van der Waals surface area (Å²) in [4.78, 5) is 18.5. The molecule has 15 heavy (non-hydrogen) atoms. The van der Waals surface area contributed by atoms with Crippen LogP contribution in [-0.2, 0) is 0 Å². The standard InChI is InChI=1S/C8H7N5O2/c9-5-1-6(8(14)15)7(11-2-5)13-4-10-3-12-13/h1-4H,9H2,(H,14,15). The quantitative estimate of drug-likeness (QED) is 0.711. The number of carbonyl (C=O) groups is 1. The van der Waals surface area contributed by atoms with Crippen LogP contribution in [0.25, 0.3) is 5.82 Å². The first-order valence-corrected chi connectivity index (χ1v) is 4.02. The molecule has 76 valence electrons. The zero-order chi connectivity index (χ0) is 10.8. The van der Waals surface area contributed by atoms with Crippen molar-refractivity contribution in [3.63, 3.8) is 0 Å². The summed E-state index contributed by atoms with van der Waals surface area (Å²) in [5, 5.41) is 12.7. The SMILES string of the molecule is Nc1cnc(-n2cncn2)c(C(=O)O)c1. The summed E-state index contributed by atoms with van der Waals surface area (Å²) in [6, 6.07) is 1.33. The highest BCUT2D eigenvalue weighted by atomic mass is 16.4. The van der Waals surface area contributed by atoms with Gasteiger partial charge in [-0.05, 0) is 6.07 Å². The number of carboxylic acid groups (broad SMARTS) is 1. The van der Waals surface area contributed by atoms with Gasteiger partial charge in [0.25, 0.3) is 0 Å². The molecule has 0 spiro atoms. The van der Waals surface area contributed by atoms with Crippen molar-refractivity contribution >= 4 is 11.7 Å². The highest BCUT2D eigenvalue weighted by Gasteiger charge is 2.13. The van der Waals surface area contributed by atoms with E-state index in [-0.39, 0.29) is 17.1 Å². The van der Waals surface area contributed by atoms with Crippen LogP contribution in [0, 0.1) is 0 Å². The molecule has 0 aliphatic carbocycles. The van der Waals surface area contributed by atoms with Gasteiger partial charge < -0.3 is 10.8 Å². The number of anilines is 1. The van der Waals surface area contributed by atoms with Gasteiger partial charge in [0, 0.05) is 0 Å². The molecule has 7 heteroatoms. The van der Waals surface area contributed by atoms with Gasteiger partial charge in [-0.2, -0.15) is 5.10 Å². The van der Waals surface area contributed by atoms with E-state index in [4.69, 9.17) is 10.8 Å². The average molecular weight is 205 g/mol. The van der Waals surface area contributed by atoms with E-state index in [0.29, 0.717) is 0 Å². The van der Waals surface area contributed by atoms with E-state index in [2.05, 4.69) is 15.1 Å². The van der Waals surface area contributed by atoms with Crippen LogP contribution in [-0.4, -0.2) is 30.8 Å². The zero-order valence-corrected chi connectivity index (χ0v) is 7.53. The van der Waals surface area contributed by atoms with Crippen molar-refractivity contribution in [1.29, 1.82) is 0 Å². The number of hydrogen-bond donors (Lipinski definition) is 2. The lowest BCUT2D eigenvalue weighted by atomic mass is 10.2. The molecular weight excluding hydrogens is 198 g/mol. The number of nitrogen functional groups attached to an aromatic ring is 1. The maximum atomic E-state index is 10.9. The maximum Gasteiger partial charge on any atom is 0.339 e. The van der Waals surface area contributed by atoms with Crippen molar-refractivity contribution in [2.45, 2.75) is 0 Å². The van der Waals surface area contributed by atoms with Gasteiger partial charge in [-0.1, -0.05) is 0 Å². The van der Waals surface area contributed by atoms with Crippen LogP contribution in [0.5, 0.6) is 0 Å². The molecule has 0 aromatic carbocycles. The third kappa shape index (κ3) is 1.62. The van der Waals surface area contributed by atoms with Gasteiger partial charge in [0.1, 0.15) is 18.2 Å². The highest BCUT2D eigenvalue weighted by Crippen LogP contribution is 2.13. The summed E-state index contributed by atoms with van der Waals surface area (Å²) in [5.74, 6) is -0.922. The normalized spacial score (nSPS) is 10.1. The lowest BCUT2D eigenvalue weighted by molar-refractivity contribution is 0.0696. The summed E-state index contributed by atoms with van der Waals surface area (Å²) >= 11 is 0. The summed E-state index contributed by atoms with van der Waals surface area (Å²) in [6.07, 6.45) is 4.03. The van der Waals surface area contributed by atoms with Crippen LogP contribution >= 0.6 is 0 Å². The van der Waals surface area contributed by atoms with E-state index in [1.807, 2.05) is 0 Å². The number of hydrogen-bond acceptors (Lipinski definition) is 5. The van der Waals surface area contributed by atoms with E-state index >= 15 is 0 Å². The Morgan fingerprint density at radius 2 is 2.33 bits per heavy atom. The molecule has 0 aliphatic heterocycles. The third-order valence-corrected chi connectivity index (χ3v) is 1.75. The fourth-order valence-electron chi connectivity index (χ4n) is 1.13. The number of carboxylic acids is 1. The number of nitrogens with zero attached hydrogens (tertiary/aromatic N) is 4. The predicted molar refractivity (Wildman–Crippen MR) is 50.5 cm³/mol. The van der Waals surface area contributed by atoms with Crippen LogP contribution in [0.4, 0.5) is 5.69 Å². The fraction of sp³-hybridized carbons (Fsp3) is 0. The molecule has 0 atom stereocenters. The van der Waals surface area contributed by atoms with Crippen LogP contribution in [0.15, 0.2) is 24.9 Å². The molecule has 2 aromatic rings. The third-order valence-electron chi connectivity index (χ3n) is 1.75. The van der Waals surface area contributed by atoms with E-state index in [9.17, 15) is 4.79 Å². The first kappa shape index (κ1) is 9.13. The number of pyridine rings is 1. The van der Waals surface area contributed by atoms with Gasteiger partial charge >= 0.3 is 5.97 Å². The molecule has 0 fully saturated rings. The Balaban J connectivity index is 2.61. The van der Waals surface area contributed by atoms with Crippen LogP contribution in [0.3, 0.4) is 0 Å². The minimum absolute atomic E-state index is 0.0134. The summed E-state index contributed by atoms with van der Waals surface area (Å²) in [6.45, 7) is 0. The summed E-state index contributed by atoms with van der Waals surface area (Å²) < 4.78 is 1.27. The molecule has 0 bridgehead atoms. The first-order chi connectivity index (χ1) is 7.18. The second kappa shape index (κ2) is 3.37. The molecule has 2 heterocycles. The molecule has 2 rings (SSSR count). The minimum atomic E-state index is -1.11. The second-order valence-corrected chi connectivity index (χ2v) is 2.79.